The van der Waals surface area contributed by atoms with Crippen molar-refractivity contribution < 1.29 is 29.4 Å². The Kier molecular flexibility index (Phi) is 10.4. The zero-order chi connectivity index (χ0) is 26.8. The number of carbonyl (C=O) groups excluding carboxylic acids is 3. The number of hydrogen-bond donors (Lipinski definition) is 7. The van der Waals surface area contributed by atoms with E-state index in [-0.39, 0.29) is 24.5 Å². The highest BCUT2D eigenvalue weighted by molar-refractivity contribution is 5.94. The van der Waals surface area contributed by atoms with Crippen LogP contribution < -0.4 is 21.7 Å². The third-order valence-corrected chi connectivity index (χ3v) is 5.91. The zero-order valence-corrected chi connectivity index (χ0v) is 20.5. The van der Waals surface area contributed by atoms with Crippen LogP contribution in [0.25, 0.3) is 0 Å². The summed E-state index contributed by atoms with van der Waals surface area (Å²) in [6, 6.07) is 1.73. The Balaban J connectivity index is 2.11. The summed E-state index contributed by atoms with van der Waals surface area (Å²) in [6.45, 7) is 5.20. The molecule has 0 spiro atoms. The summed E-state index contributed by atoms with van der Waals surface area (Å²) in [5.41, 5.74) is 7.05. The van der Waals surface area contributed by atoms with Gasteiger partial charge in [-0.05, 0) is 30.5 Å². The lowest BCUT2D eigenvalue weighted by atomic mass is 9.99. The van der Waals surface area contributed by atoms with Crippen molar-refractivity contribution in [2.75, 3.05) is 0 Å². The van der Waals surface area contributed by atoms with Gasteiger partial charge in [0, 0.05) is 24.7 Å². The van der Waals surface area contributed by atoms with Crippen LogP contribution in [-0.2, 0) is 32.0 Å². The molecule has 0 saturated carbocycles. The van der Waals surface area contributed by atoms with Crippen LogP contribution in [-0.4, -0.2) is 68.0 Å². The minimum atomic E-state index is -1.28. The molecule has 1 heterocycles. The minimum absolute atomic E-state index is 0.0101. The number of H-pyrrole nitrogens is 1. The third kappa shape index (κ3) is 8.38. The van der Waals surface area contributed by atoms with Gasteiger partial charge in [0.05, 0.1) is 12.4 Å². The number of rotatable bonds is 13. The fourth-order valence-electron chi connectivity index (χ4n) is 3.35. The van der Waals surface area contributed by atoms with E-state index >= 15 is 0 Å². The summed E-state index contributed by atoms with van der Waals surface area (Å²) >= 11 is 0. The van der Waals surface area contributed by atoms with Gasteiger partial charge < -0.3 is 36.9 Å². The lowest BCUT2D eigenvalue weighted by Crippen LogP contribution is -2.57. The Morgan fingerprint density at radius 2 is 1.61 bits per heavy atom. The van der Waals surface area contributed by atoms with Gasteiger partial charge in [0.15, 0.2) is 0 Å². The molecule has 12 heteroatoms. The highest BCUT2D eigenvalue weighted by Gasteiger charge is 2.30. The third-order valence-electron chi connectivity index (χ3n) is 5.91. The van der Waals surface area contributed by atoms with Crippen LogP contribution in [0.15, 0.2) is 36.8 Å². The minimum Gasteiger partial charge on any atom is -0.508 e. The van der Waals surface area contributed by atoms with Crippen molar-refractivity contribution in [1.82, 2.24) is 25.9 Å². The van der Waals surface area contributed by atoms with Gasteiger partial charge in [-0.3, -0.25) is 14.4 Å². The number of aliphatic carboxylic acids is 1. The van der Waals surface area contributed by atoms with E-state index in [1.54, 1.807) is 12.1 Å². The summed E-state index contributed by atoms with van der Waals surface area (Å²) in [5.74, 6) is -3.16. The molecule has 5 atom stereocenters. The summed E-state index contributed by atoms with van der Waals surface area (Å²) < 4.78 is 0. The number of imidazole rings is 1. The number of nitrogens with one attached hydrogen (secondary N) is 4. The predicted molar refractivity (Wildman–Crippen MR) is 131 cm³/mol. The molecule has 5 unspecified atom stereocenters. The zero-order valence-electron chi connectivity index (χ0n) is 20.5. The molecule has 1 aromatic heterocycles. The van der Waals surface area contributed by atoms with Crippen molar-refractivity contribution >= 4 is 23.7 Å². The number of carboxylic acid groups (broad SMARTS) is 1. The van der Waals surface area contributed by atoms with E-state index in [1.807, 2.05) is 13.8 Å². The van der Waals surface area contributed by atoms with Crippen molar-refractivity contribution in [2.24, 2.45) is 11.7 Å². The molecule has 0 aliphatic carbocycles. The maximum absolute atomic E-state index is 13.1. The SMILES string of the molecule is CCC(C)C(N)C(=O)NC(C)C(=O)NC(Cc1cnc[nH]1)C(=O)NC(Cc1ccc(O)cc1)C(=O)O. The normalized spacial score (nSPS) is 15.1. The van der Waals surface area contributed by atoms with Crippen molar-refractivity contribution in [3.63, 3.8) is 0 Å². The molecule has 196 valence electrons. The maximum Gasteiger partial charge on any atom is 0.326 e. The fraction of sp³-hybridized carbons (Fsp3) is 0.458. The average molecular weight is 503 g/mol. The highest BCUT2D eigenvalue weighted by Crippen LogP contribution is 2.12. The van der Waals surface area contributed by atoms with Gasteiger partial charge in [0.1, 0.15) is 23.9 Å². The number of aromatic nitrogens is 2. The number of nitrogens with zero attached hydrogens (tertiary/aromatic N) is 1. The second-order valence-corrected chi connectivity index (χ2v) is 8.75. The Bertz CT molecular complexity index is 1030. The quantitative estimate of drug-likeness (QED) is 0.196. The van der Waals surface area contributed by atoms with Gasteiger partial charge >= 0.3 is 5.97 Å². The summed E-state index contributed by atoms with van der Waals surface area (Å²) in [4.78, 5) is 56.8. The number of phenolic OH excluding ortho intramolecular Hbond substituents is 1. The predicted octanol–water partition coefficient (Wildman–Crippen LogP) is -0.167. The average Bonchev–Trinajstić information content (AvgIpc) is 3.36. The number of hydrogen-bond acceptors (Lipinski definition) is 7. The fourth-order valence-corrected chi connectivity index (χ4v) is 3.35. The van der Waals surface area contributed by atoms with Gasteiger partial charge in [-0.25, -0.2) is 9.78 Å². The van der Waals surface area contributed by atoms with Crippen LogP contribution in [0, 0.1) is 5.92 Å². The first-order valence-electron chi connectivity index (χ1n) is 11.7. The lowest BCUT2D eigenvalue weighted by molar-refractivity contribution is -0.142. The van der Waals surface area contributed by atoms with Gasteiger partial charge in [0.2, 0.25) is 17.7 Å². The second kappa shape index (κ2) is 13.2. The van der Waals surface area contributed by atoms with Crippen molar-refractivity contribution in [1.29, 1.82) is 0 Å². The number of nitrogens with two attached hydrogens (primary N) is 1. The molecule has 0 fully saturated rings. The van der Waals surface area contributed by atoms with E-state index in [9.17, 15) is 29.4 Å². The van der Waals surface area contributed by atoms with E-state index in [0.29, 0.717) is 17.7 Å². The van der Waals surface area contributed by atoms with Crippen LogP contribution in [0.3, 0.4) is 0 Å². The van der Waals surface area contributed by atoms with Crippen molar-refractivity contribution in [2.45, 2.75) is 64.2 Å². The van der Waals surface area contributed by atoms with E-state index in [0.717, 1.165) is 0 Å². The number of carboxylic acids is 1. The molecular weight excluding hydrogens is 468 g/mol. The van der Waals surface area contributed by atoms with E-state index in [1.165, 1.54) is 31.6 Å². The summed E-state index contributed by atoms with van der Waals surface area (Å²) in [6.07, 6.45) is 3.56. The second-order valence-electron chi connectivity index (χ2n) is 8.75. The van der Waals surface area contributed by atoms with Crippen LogP contribution >= 0.6 is 0 Å². The molecular formula is C24H34N6O6. The molecule has 0 saturated heterocycles. The van der Waals surface area contributed by atoms with Crippen LogP contribution in [0.5, 0.6) is 5.75 Å². The number of benzene rings is 1. The first-order valence-corrected chi connectivity index (χ1v) is 11.7. The van der Waals surface area contributed by atoms with E-state index in [2.05, 4.69) is 25.9 Å². The number of carbonyl (C=O) groups is 4. The largest absolute Gasteiger partial charge is 0.508 e. The molecule has 8 N–H and O–H groups in total. The van der Waals surface area contributed by atoms with Crippen molar-refractivity contribution in [3.05, 3.63) is 48.0 Å². The molecule has 36 heavy (non-hydrogen) atoms. The number of aromatic amines is 1. The molecule has 3 amide bonds. The topological polar surface area (TPSA) is 200 Å². The molecule has 2 aromatic rings. The Morgan fingerprint density at radius 3 is 2.17 bits per heavy atom. The standard InChI is InChI=1S/C24H34N6O6/c1-4-13(2)20(25)23(34)28-14(3)21(32)29-18(10-16-11-26-12-27-16)22(33)30-19(24(35)36)9-15-5-7-17(31)8-6-15/h5-8,11-14,18-20,31H,4,9-10,25H2,1-3H3,(H,26,27)(H,28,34)(H,29,32)(H,30,33)(H,35,36). The summed E-state index contributed by atoms with van der Waals surface area (Å²) in [5, 5.41) is 26.7. The molecule has 0 bridgehead atoms. The monoisotopic (exact) mass is 502 g/mol. The number of aromatic hydroxyl groups is 1. The molecule has 0 radical (unpaired) electrons. The van der Waals surface area contributed by atoms with Gasteiger partial charge in [-0.2, -0.15) is 0 Å². The van der Waals surface area contributed by atoms with Crippen LogP contribution in [0.2, 0.25) is 0 Å². The van der Waals surface area contributed by atoms with Crippen LogP contribution in [0.1, 0.15) is 38.4 Å². The first kappa shape index (κ1) is 28.3. The maximum atomic E-state index is 13.1. The number of phenols is 1. The smallest absolute Gasteiger partial charge is 0.326 e. The highest BCUT2D eigenvalue weighted by atomic mass is 16.4. The van der Waals surface area contributed by atoms with E-state index in [4.69, 9.17) is 5.73 Å². The van der Waals surface area contributed by atoms with Gasteiger partial charge in [0.25, 0.3) is 0 Å². The Labute approximate surface area is 209 Å². The molecule has 1 aromatic carbocycles. The van der Waals surface area contributed by atoms with Gasteiger partial charge in [-0.15, -0.1) is 0 Å². The molecule has 0 aliphatic rings. The molecule has 0 aliphatic heterocycles. The first-order chi connectivity index (χ1) is 17.0. The van der Waals surface area contributed by atoms with E-state index < -0.39 is 47.9 Å². The molecule has 12 nitrogen and oxygen atoms in total. The summed E-state index contributed by atoms with van der Waals surface area (Å²) in [7, 11) is 0. The van der Waals surface area contributed by atoms with Crippen LogP contribution in [0.4, 0.5) is 0 Å². The van der Waals surface area contributed by atoms with Gasteiger partial charge in [-0.1, -0.05) is 32.4 Å². The Morgan fingerprint density at radius 1 is 0.972 bits per heavy atom. The number of amides is 3. The Hall–Kier alpha value is -3.93. The lowest BCUT2D eigenvalue weighted by Gasteiger charge is -2.24. The van der Waals surface area contributed by atoms with Crippen molar-refractivity contribution in [3.8, 4) is 5.75 Å². The molecule has 2 rings (SSSR count).